The molecule has 1 fully saturated rings. The highest BCUT2D eigenvalue weighted by molar-refractivity contribution is 6.30. The van der Waals surface area contributed by atoms with Gasteiger partial charge in [0.15, 0.2) is 12.0 Å². The van der Waals surface area contributed by atoms with Crippen molar-refractivity contribution >= 4 is 35.4 Å². The third-order valence-corrected chi connectivity index (χ3v) is 8.60. The van der Waals surface area contributed by atoms with Crippen LogP contribution in [0, 0.1) is 5.92 Å². The van der Waals surface area contributed by atoms with E-state index in [-0.39, 0.29) is 11.8 Å². The SMILES string of the molecule is CO[C@](c1ccc(Cl)cc1)(c1ccc(C(C)(O)C2CCN(C(C)=O)CC2)cc1C=O)N(C)Cc1ccc(Cl)cn1. The summed E-state index contributed by atoms with van der Waals surface area (Å²) < 4.78 is 6.30. The lowest BCUT2D eigenvalue weighted by Crippen LogP contribution is -2.47. The lowest BCUT2D eigenvalue weighted by atomic mass is 9.76. The minimum atomic E-state index is -1.19. The number of nitrogens with zero attached hydrogens (tertiary/aromatic N) is 3. The molecule has 1 aliphatic rings. The molecule has 7 nitrogen and oxygen atoms in total. The van der Waals surface area contributed by atoms with Crippen molar-refractivity contribution in [3.8, 4) is 0 Å². The van der Waals surface area contributed by atoms with Crippen LogP contribution in [-0.2, 0) is 27.4 Å². The Morgan fingerprint density at radius 3 is 2.27 bits per heavy atom. The second-order valence-electron chi connectivity index (χ2n) is 10.5. The molecule has 2 aromatic carbocycles. The van der Waals surface area contributed by atoms with Crippen LogP contribution in [0.2, 0.25) is 10.0 Å². The predicted molar refractivity (Wildman–Crippen MR) is 156 cm³/mol. The van der Waals surface area contributed by atoms with Gasteiger partial charge in [0.25, 0.3) is 0 Å². The Hall–Kier alpha value is -2.81. The Bertz CT molecular complexity index is 1340. The summed E-state index contributed by atoms with van der Waals surface area (Å²) in [4.78, 5) is 32.6. The van der Waals surface area contributed by atoms with Crippen LogP contribution in [0.4, 0.5) is 0 Å². The zero-order valence-corrected chi connectivity index (χ0v) is 24.7. The quantitative estimate of drug-likeness (QED) is 0.259. The van der Waals surface area contributed by atoms with Crippen molar-refractivity contribution in [2.45, 2.75) is 44.6 Å². The molecule has 1 N–H and O–H groups in total. The van der Waals surface area contributed by atoms with E-state index in [2.05, 4.69) is 4.98 Å². The number of piperidine rings is 1. The molecule has 0 radical (unpaired) electrons. The van der Waals surface area contributed by atoms with E-state index in [9.17, 15) is 14.7 Å². The molecular formula is C31H35Cl2N3O4. The molecule has 2 heterocycles. The van der Waals surface area contributed by atoms with Crippen molar-refractivity contribution in [1.82, 2.24) is 14.8 Å². The van der Waals surface area contributed by atoms with Crippen LogP contribution >= 0.6 is 23.2 Å². The third-order valence-electron chi connectivity index (χ3n) is 8.12. The van der Waals surface area contributed by atoms with E-state index in [1.54, 1.807) is 56.3 Å². The van der Waals surface area contributed by atoms with Crippen molar-refractivity contribution in [3.05, 3.63) is 98.8 Å². The number of pyridine rings is 1. The topological polar surface area (TPSA) is 83.0 Å². The zero-order valence-electron chi connectivity index (χ0n) is 23.2. The van der Waals surface area contributed by atoms with Crippen LogP contribution in [0.25, 0.3) is 0 Å². The normalized spacial score (nSPS) is 17.4. The van der Waals surface area contributed by atoms with Gasteiger partial charge in [0, 0.05) is 61.6 Å². The predicted octanol–water partition coefficient (Wildman–Crippen LogP) is 5.65. The van der Waals surface area contributed by atoms with Gasteiger partial charge in [0.1, 0.15) is 0 Å². The number of carbonyl (C=O) groups excluding carboxylic acids is 2. The van der Waals surface area contributed by atoms with E-state index in [1.165, 1.54) is 0 Å². The Labute approximate surface area is 245 Å². The number of rotatable bonds is 9. The molecule has 1 aromatic heterocycles. The minimum absolute atomic E-state index is 0.0433. The van der Waals surface area contributed by atoms with E-state index >= 15 is 0 Å². The summed E-state index contributed by atoms with van der Waals surface area (Å²) in [6.07, 6.45) is 3.74. The second kappa shape index (κ2) is 12.4. The van der Waals surface area contributed by atoms with Crippen LogP contribution in [0.5, 0.6) is 0 Å². The fraction of sp³-hybridized carbons (Fsp3) is 0.387. The number of aromatic nitrogens is 1. The molecule has 1 unspecified atom stereocenters. The van der Waals surface area contributed by atoms with Crippen molar-refractivity contribution in [1.29, 1.82) is 0 Å². The number of amides is 1. The molecule has 3 aromatic rings. The van der Waals surface area contributed by atoms with Crippen molar-refractivity contribution in [2.75, 3.05) is 27.2 Å². The van der Waals surface area contributed by atoms with Gasteiger partial charge in [0.2, 0.25) is 5.91 Å². The summed E-state index contributed by atoms with van der Waals surface area (Å²) in [5.74, 6) is -0.0164. The van der Waals surface area contributed by atoms with Gasteiger partial charge in [0.05, 0.1) is 16.3 Å². The number of methoxy groups -OCH3 is 1. The van der Waals surface area contributed by atoms with Gasteiger partial charge in [-0.3, -0.25) is 19.5 Å². The summed E-state index contributed by atoms with van der Waals surface area (Å²) >= 11 is 12.3. The van der Waals surface area contributed by atoms with E-state index in [4.69, 9.17) is 27.9 Å². The van der Waals surface area contributed by atoms with Crippen LogP contribution in [0.15, 0.2) is 60.8 Å². The van der Waals surface area contributed by atoms with Crippen molar-refractivity contribution < 1.29 is 19.4 Å². The average Bonchev–Trinajstić information content (AvgIpc) is 2.96. The molecule has 1 saturated heterocycles. The number of aliphatic hydroxyl groups is 1. The lowest BCUT2D eigenvalue weighted by Gasteiger charge is -2.43. The van der Waals surface area contributed by atoms with Crippen LogP contribution in [-0.4, -0.2) is 59.3 Å². The first kappa shape index (κ1) is 30.2. The molecule has 4 rings (SSSR count). The summed E-state index contributed by atoms with van der Waals surface area (Å²) in [5, 5.41) is 12.8. The summed E-state index contributed by atoms with van der Waals surface area (Å²) in [5.41, 5.74) is 0.832. The maximum Gasteiger partial charge on any atom is 0.219 e. The fourth-order valence-electron chi connectivity index (χ4n) is 5.77. The highest BCUT2D eigenvalue weighted by atomic mass is 35.5. The summed E-state index contributed by atoms with van der Waals surface area (Å²) in [7, 11) is 3.50. The Kier molecular flexibility index (Phi) is 9.33. The van der Waals surface area contributed by atoms with Crippen LogP contribution in [0.1, 0.15) is 59.4 Å². The molecule has 0 saturated carbocycles. The van der Waals surface area contributed by atoms with Crippen LogP contribution < -0.4 is 0 Å². The van der Waals surface area contributed by atoms with Gasteiger partial charge in [-0.25, -0.2) is 0 Å². The van der Waals surface area contributed by atoms with Gasteiger partial charge in [-0.05, 0) is 68.6 Å². The molecule has 0 aliphatic carbocycles. The number of benzene rings is 2. The molecule has 212 valence electrons. The number of likely N-dealkylation sites (tertiary alicyclic amines) is 1. The molecular weight excluding hydrogens is 549 g/mol. The number of halogens is 2. The number of hydrogen-bond donors (Lipinski definition) is 1. The molecule has 0 spiro atoms. The van der Waals surface area contributed by atoms with Gasteiger partial charge < -0.3 is 14.7 Å². The lowest BCUT2D eigenvalue weighted by molar-refractivity contribution is -0.132. The van der Waals surface area contributed by atoms with E-state index < -0.39 is 11.3 Å². The molecule has 9 heteroatoms. The van der Waals surface area contributed by atoms with Gasteiger partial charge in [-0.2, -0.15) is 0 Å². The largest absolute Gasteiger partial charge is 0.385 e. The summed E-state index contributed by atoms with van der Waals surface area (Å²) in [6.45, 7) is 4.94. The third kappa shape index (κ3) is 5.94. The standard InChI is InChI=1S/C31H35Cl2N3O4/c1-21(38)36-15-13-23(14-16-36)30(2,39)25-7-12-29(22(17-25)20-37)31(40-4,24-5-8-26(32)9-6-24)35(3)19-28-11-10-27(33)18-34-28/h5-12,17-18,20,23,39H,13-16,19H2,1-4H3/t30?,31-/m1/s1. The molecule has 40 heavy (non-hydrogen) atoms. The maximum absolute atomic E-state index is 12.6. The minimum Gasteiger partial charge on any atom is -0.385 e. The Morgan fingerprint density at radius 1 is 1.10 bits per heavy atom. The molecule has 1 aliphatic heterocycles. The Morgan fingerprint density at radius 2 is 1.73 bits per heavy atom. The van der Waals surface area contributed by atoms with E-state index in [0.29, 0.717) is 59.2 Å². The number of ether oxygens (including phenoxy) is 1. The van der Waals surface area contributed by atoms with Crippen LogP contribution in [0.3, 0.4) is 0 Å². The molecule has 1 amide bonds. The van der Waals surface area contributed by atoms with Gasteiger partial charge >= 0.3 is 0 Å². The van der Waals surface area contributed by atoms with Crippen molar-refractivity contribution in [2.24, 2.45) is 5.92 Å². The highest BCUT2D eigenvalue weighted by Gasteiger charge is 2.42. The van der Waals surface area contributed by atoms with Crippen molar-refractivity contribution in [3.63, 3.8) is 0 Å². The first-order chi connectivity index (χ1) is 19.0. The maximum atomic E-state index is 12.6. The number of aldehydes is 1. The fourth-order valence-corrected chi connectivity index (χ4v) is 6.01. The molecule has 0 bridgehead atoms. The zero-order chi connectivity index (χ0) is 29.1. The highest BCUT2D eigenvalue weighted by Crippen LogP contribution is 2.42. The monoisotopic (exact) mass is 583 g/mol. The first-order valence-electron chi connectivity index (χ1n) is 13.2. The number of carbonyl (C=O) groups is 2. The van der Waals surface area contributed by atoms with Gasteiger partial charge in [-0.15, -0.1) is 0 Å². The Balaban J connectivity index is 1.77. The number of hydrogen-bond acceptors (Lipinski definition) is 6. The van der Waals surface area contributed by atoms with E-state index in [1.807, 2.05) is 42.3 Å². The first-order valence-corrected chi connectivity index (χ1v) is 14.0. The smallest absolute Gasteiger partial charge is 0.219 e. The average molecular weight is 585 g/mol. The summed E-state index contributed by atoms with van der Waals surface area (Å²) in [6, 6.07) is 16.4. The second-order valence-corrected chi connectivity index (χ2v) is 11.4. The van der Waals surface area contributed by atoms with Gasteiger partial charge in [-0.1, -0.05) is 47.5 Å². The molecule has 2 atom stereocenters. The van der Waals surface area contributed by atoms with E-state index in [0.717, 1.165) is 17.5 Å².